The van der Waals surface area contributed by atoms with Crippen LogP contribution in [0.5, 0.6) is 11.5 Å². The molecule has 1 unspecified atom stereocenters. The topological polar surface area (TPSA) is 66.8 Å². The summed E-state index contributed by atoms with van der Waals surface area (Å²) >= 11 is 0. The van der Waals surface area contributed by atoms with Crippen LogP contribution in [0, 0.1) is 13.8 Å². The van der Waals surface area contributed by atoms with Crippen molar-refractivity contribution in [2.75, 3.05) is 13.2 Å². The van der Waals surface area contributed by atoms with E-state index < -0.39 is 0 Å². The number of hydrogen-bond donors (Lipinski definition) is 2. The van der Waals surface area contributed by atoms with Crippen LogP contribution in [0.15, 0.2) is 30.3 Å². The van der Waals surface area contributed by atoms with E-state index in [1.807, 2.05) is 18.2 Å². The first-order chi connectivity index (χ1) is 13.2. The summed E-state index contributed by atoms with van der Waals surface area (Å²) in [6, 6.07) is 9.77. The zero-order valence-corrected chi connectivity index (χ0v) is 17.6. The van der Waals surface area contributed by atoms with Gasteiger partial charge < -0.3 is 14.9 Å². The van der Waals surface area contributed by atoms with Crippen LogP contribution in [0.4, 0.5) is 0 Å². The Balaban J connectivity index is 2.48. The first-order valence-corrected chi connectivity index (χ1v) is 9.91. The summed E-state index contributed by atoms with van der Waals surface area (Å²) in [5.74, 6) is 1.35. The third-order valence-electron chi connectivity index (χ3n) is 5.08. The van der Waals surface area contributed by atoms with Gasteiger partial charge in [-0.25, -0.2) is 0 Å². The maximum Gasteiger partial charge on any atom is 0.167 e. The van der Waals surface area contributed by atoms with Gasteiger partial charge in [-0.2, -0.15) is 0 Å². The van der Waals surface area contributed by atoms with Crippen LogP contribution in [0.25, 0.3) is 0 Å². The number of aromatic hydroxyl groups is 1. The molecule has 0 heterocycles. The zero-order valence-electron chi connectivity index (χ0n) is 17.6. The summed E-state index contributed by atoms with van der Waals surface area (Å²) in [6.45, 7) is 9.97. The highest BCUT2D eigenvalue weighted by Crippen LogP contribution is 2.38. The third-order valence-corrected chi connectivity index (χ3v) is 5.08. The van der Waals surface area contributed by atoms with Crippen molar-refractivity contribution in [3.8, 4) is 11.5 Å². The van der Waals surface area contributed by atoms with Crippen molar-refractivity contribution in [1.29, 1.82) is 0 Å². The average molecular weight is 385 g/mol. The molecule has 0 fully saturated rings. The second-order valence-corrected chi connectivity index (χ2v) is 7.85. The fourth-order valence-electron chi connectivity index (χ4n) is 3.78. The highest BCUT2D eigenvalue weighted by atomic mass is 16.5. The van der Waals surface area contributed by atoms with E-state index in [-0.39, 0.29) is 30.8 Å². The largest absolute Gasteiger partial charge is 0.508 e. The Morgan fingerprint density at radius 2 is 1.75 bits per heavy atom. The average Bonchev–Trinajstić information content (AvgIpc) is 2.62. The Hall–Kier alpha value is -2.33. The van der Waals surface area contributed by atoms with E-state index >= 15 is 0 Å². The predicted octanol–water partition coefficient (Wildman–Crippen LogP) is 5.00. The molecule has 0 saturated carbocycles. The number of aryl methyl sites for hydroxylation is 2. The van der Waals surface area contributed by atoms with Crippen LogP contribution in [0.1, 0.15) is 73.3 Å². The highest BCUT2D eigenvalue weighted by molar-refractivity contribution is 5.77. The molecule has 0 aliphatic heterocycles. The summed E-state index contributed by atoms with van der Waals surface area (Å²) in [4.78, 5) is 11.2. The number of aliphatic hydroxyl groups is 1. The van der Waals surface area contributed by atoms with Crippen molar-refractivity contribution in [2.24, 2.45) is 0 Å². The maximum absolute atomic E-state index is 11.2. The van der Waals surface area contributed by atoms with E-state index in [9.17, 15) is 15.0 Å². The van der Waals surface area contributed by atoms with Gasteiger partial charge in [-0.3, -0.25) is 4.79 Å². The molecule has 0 amide bonds. The third kappa shape index (κ3) is 5.35. The van der Waals surface area contributed by atoms with Crippen molar-refractivity contribution in [3.63, 3.8) is 0 Å². The molecule has 2 aromatic rings. The molecule has 4 heteroatoms. The molecular formula is C24H32O4. The lowest BCUT2D eigenvalue weighted by atomic mass is 9.81. The second-order valence-electron chi connectivity index (χ2n) is 7.85. The Labute approximate surface area is 168 Å². The van der Waals surface area contributed by atoms with Gasteiger partial charge in [0, 0.05) is 12.5 Å². The first-order valence-electron chi connectivity index (χ1n) is 9.91. The highest BCUT2D eigenvalue weighted by Gasteiger charge is 2.21. The molecule has 152 valence electrons. The van der Waals surface area contributed by atoms with Gasteiger partial charge in [0.15, 0.2) is 5.78 Å². The number of Topliss-reactive ketones (excluding diaryl/α,β-unsaturated/α-hetero) is 1. The summed E-state index contributed by atoms with van der Waals surface area (Å²) < 4.78 is 5.59. The Kier molecular flexibility index (Phi) is 7.64. The second kappa shape index (κ2) is 9.74. The van der Waals surface area contributed by atoms with Crippen molar-refractivity contribution < 1.29 is 19.7 Å². The van der Waals surface area contributed by atoms with Gasteiger partial charge in [0.2, 0.25) is 0 Å². The Bertz CT molecular complexity index is 800. The molecule has 28 heavy (non-hydrogen) atoms. The van der Waals surface area contributed by atoms with Crippen LogP contribution in [0.3, 0.4) is 0 Å². The number of ketones is 1. The summed E-state index contributed by atoms with van der Waals surface area (Å²) in [5.41, 5.74) is 5.48. The van der Waals surface area contributed by atoms with Gasteiger partial charge in [0.05, 0.1) is 0 Å². The number of aliphatic hydroxyl groups excluding tert-OH is 1. The van der Waals surface area contributed by atoms with Crippen molar-refractivity contribution in [2.45, 2.75) is 59.3 Å². The molecule has 2 N–H and O–H groups in total. The standard InChI is InChI=1S/C24H32O4/c1-15(2)22-13-19(8-9-23(22)27)21(7-6-10-25)24-16(3)11-20(12-17(24)4)28-14-18(5)26/h8-9,11-13,15,21,25,27H,6-7,10,14H2,1-5H3. The van der Waals surface area contributed by atoms with E-state index in [2.05, 4.69) is 33.8 Å². The van der Waals surface area contributed by atoms with Gasteiger partial charge in [0.25, 0.3) is 0 Å². The molecule has 0 radical (unpaired) electrons. The molecule has 1 atom stereocenters. The van der Waals surface area contributed by atoms with Gasteiger partial charge in [0.1, 0.15) is 18.1 Å². The van der Waals surface area contributed by atoms with E-state index in [0.717, 1.165) is 28.7 Å². The molecular weight excluding hydrogens is 352 g/mol. The summed E-state index contributed by atoms with van der Waals surface area (Å²) in [6.07, 6.45) is 1.51. The number of rotatable bonds is 9. The minimum atomic E-state index is -0.00878. The normalized spacial score (nSPS) is 12.2. The molecule has 0 saturated heterocycles. The molecule has 0 aliphatic rings. The van der Waals surface area contributed by atoms with Gasteiger partial charge in [-0.1, -0.05) is 26.0 Å². The van der Waals surface area contributed by atoms with E-state index in [0.29, 0.717) is 17.9 Å². The van der Waals surface area contributed by atoms with Gasteiger partial charge >= 0.3 is 0 Å². The number of carbonyl (C=O) groups is 1. The number of phenols is 1. The van der Waals surface area contributed by atoms with E-state index in [1.165, 1.54) is 12.5 Å². The molecule has 0 aromatic heterocycles. The van der Waals surface area contributed by atoms with Gasteiger partial charge in [-0.05, 0) is 85.5 Å². The van der Waals surface area contributed by atoms with Crippen molar-refractivity contribution in [3.05, 3.63) is 58.1 Å². The lowest BCUT2D eigenvalue weighted by Gasteiger charge is -2.24. The molecule has 2 rings (SSSR count). The number of carbonyl (C=O) groups excluding carboxylic acids is 1. The maximum atomic E-state index is 11.2. The van der Waals surface area contributed by atoms with Crippen LogP contribution in [0.2, 0.25) is 0 Å². The van der Waals surface area contributed by atoms with Crippen molar-refractivity contribution in [1.82, 2.24) is 0 Å². The predicted molar refractivity (Wildman–Crippen MR) is 112 cm³/mol. The summed E-state index contributed by atoms with van der Waals surface area (Å²) in [7, 11) is 0. The smallest absolute Gasteiger partial charge is 0.167 e. The molecule has 0 spiro atoms. The molecule has 0 bridgehead atoms. The van der Waals surface area contributed by atoms with Gasteiger partial charge in [-0.15, -0.1) is 0 Å². The Morgan fingerprint density at radius 3 is 2.29 bits per heavy atom. The minimum absolute atomic E-state index is 0.00878. The zero-order chi connectivity index (χ0) is 20.8. The number of hydrogen-bond acceptors (Lipinski definition) is 4. The first kappa shape index (κ1) is 22.0. The van der Waals surface area contributed by atoms with Crippen LogP contribution in [-0.2, 0) is 4.79 Å². The van der Waals surface area contributed by atoms with Crippen LogP contribution in [-0.4, -0.2) is 29.2 Å². The Morgan fingerprint density at radius 1 is 1.11 bits per heavy atom. The number of benzene rings is 2. The fraction of sp³-hybridized carbons (Fsp3) is 0.458. The van der Waals surface area contributed by atoms with E-state index in [4.69, 9.17) is 4.74 Å². The minimum Gasteiger partial charge on any atom is -0.508 e. The van der Waals surface area contributed by atoms with Crippen LogP contribution >= 0.6 is 0 Å². The van der Waals surface area contributed by atoms with E-state index in [1.54, 1.807) is 6.07 Å². The molecule has 2 aromatic carbocycles. The lowest BCUT2D eigenvalue weighted by molar-refractivity contribution is -0.118. The monoisotopic (exact) mass is 384 g/mol. The molecule has 4 nitrogen and oxygen atoms in total. The fourth-order valence-corrected chi connectivity index (χ4v) is 3.78. The van der Waals surface area contributed by atoms with Crippen LogP contribution < -0.4 is 4.74 Å². The quantitative estimate of drug-likeness (QED) is 0.638. The van der Waals surface area contributed by atoms with Crippen molar-refractivity contribution >= 4 is 5.78 Å². The number of ether oxygens (including phenoxy) is 1. The SMILES string of the molecule is CC(=O)COc1cc(C)c(C(CCCO)c2ccc(O)c(C(C)C)c2)c(C)c1. The lowest BCUT2D eigenvalue weighted by Crippen LogP contribution is -2.10. The molecule has 0 aliphatic carbocycles. The number of phenolic OH excluding ortho intramolecular Hbond substituents is 1. The summed E-state index contributed by atoms with van der Waals surface area (Å²) in [5, 5.41) is 19.6.